The molecule has 80 valence electrons. The van der Waals surface area contributed by atoms with Crippen molar-refractivity contribution in [2.45, 2.75) is 6.92 Å². The van der Waals surface area contributed by atoms with Crippen molar-refractivity contribution in [2.75, 3.05) is 0 Å². The highest BCUT2D eigenvalue weighted by atomic mass is 79.9. The number of halogens is 1. The van der Waals surface area contributed by atoms with Crippen LogP contribution in [0.15, 0.2) is 27.3 Å². The number of aryl methyl sites for hydroxylation is 1. The molecular formula is C10H7BrN4O. The van der Waals surface area contributed by atoms with E-state index in [-0.39, 0.29) is 0 Å². The van der Waals surface area contributed by atoms with Gasteiger partial charge >= 0.3 is 0 Å². The highest BCUT2D eigenvalue weighted by Gasteiger charge is 2.10. The third-order valence-corrected chi connectivity index (χ3v) is 2.60. The van der Waals surface area contributed by atoms with Gasteiger partial charge < -0.3 is 9.51 Å². The third kappa shape index (κ3) is 1.51. The largest absolute Gasteiger partial charge is 0.353 e. The van der Waals surface area contributed by atoms with Crippen LogP contribution in [0.1, 0.15) is 5.69 Å². The van der Waals surface area contributed by atoms with E-state index in [4.69, 9.17) is 4.52 Å². The molecule has 16 heavy (non-hydrogen) atoms. The maximum absolute atomic E-state index is 5.13. The molecule has 6 heteroatoms. The zero-order valence-electron chi connectivity index (χ0n) is 8.36. The monoisotopic (exact) mass is 278 g/mol. The van der Waals surface area contributed by atoms with E-state index < -0.39 is 0 Å². The Morgan fingerprint density at radius 1 is 1.38 bits per heavy atom. The molecule has 0 bridgehead atoms. The van der Waals surface area contributed by atoms with Gasteiger partial charge in [0.2, 0.25) is 5.76 Å². The molecule has 3 rings (SSSR count). The first-order valence-corrected chi connectivity index (χ1v) is 5.46. The summed E-state index contributed by atoms with van der Waals surface area (Å²) < 4.78 is 6.03. The van der Waals surface area contributed by atoms with Crippen LogP contribution in [0.5, 0.6) is 0 Å². The van der Waals surface area contributed by atoms with Gasteiger partial charge in [-0.1, -0.05) is 5.16 Å². The second-order valence-electron chi connectivity index (χ2n) is 3.44. The number of fused-ring (bicyclic) bond motifs is 1. The number of aromatic amines is 1. The summed E-state index contributed by atoms with van der Waals surface area (Å²) in [7, 11) is 0. The van der Waals surface area contributed by atoms with Crippen molar-refractivity contribution in [3.8, 4) is 11.6 Å². The lowest BCUT2D eigenvalue weighted by atomic mass is 10.4. The predicted octanol–water partition coefficient (Wildman–Crippen LogP) is 2.68. The average molecular weight is 279 g/mol. The van der Waals surface area contributed by atoms with Gasteiger partial charge in [0.1, 0.15) is 0 Å². The van der Waals surface area contributed by atoms with E-state index in [1.807, 2.05) is 19.1 Å². The minimum absolute atomic E-state index is 0.617. The van der Waals surface area contributed by atoms with Crippen LogP contribution >= 0.6 is 15.9 Å². The van der Waals surface area contributed by atoms with Crippen LogP contribution in [0.25, 0.3) is 22.7 Å². The second kappa shape index (κ2) is 3.41. The van der Waals surface area contributed by atoms with Crippen molar-refractivity contribution in [1.82, 2.24) is 20.1 Å². The average Bonchev–Trinajstić information content (AvgIpc) is 2.83. The summed E-state index contributed by atoms with van der Waals surface area (Å²) in [6.07, 6.45) is 1.71. The van der Waals surface area contributed by atoms with E-state index in [0.717, 1.165) is 15.7 Å². The Bertz CT molecular complexity index is 658. The van der Waals surface area contributed by atoms with Crippen LogP contribution in [-0.4, -0.2) is 20.1 Å². The van der Waals surface area contributed by atoms with Gasteiger partial charge in [0.05, 0.1) is 11.2 Å². The molecule has 3 aromatic rings. The lowest BCUT2D eigenvalue weighted by Crippen LogP contribution is -1.75. The number of aromatic nitrogens is 4. The Morgan fingerprint density at radius 3 is 3.00 bits per heavy atom. The Morgan fingerprint density at radius 2 is 2.25 bits per heavy atom. The lowest BCUT2D eigenvalue weighted by molar-refractivity contribution is 0.425. The number of imidazole rings is 1. The molecule has 0 unspecified atom stereocenters. The molecule has 0 aromatic carbocycles. The number of nitrogens with one attached hydrogen (secondary N) is 1. The number of hydrogen-bond acceptors (Lipinski definition) is 4. The van der Waals surface area contributed by atoms with E-state index in [0.29, 0.717) is 17.2 Å². The van der Waals surface area contributed by atoms with E-state index in [1.54, 1.807) is 6.20 Å². The van der Waals surface area contributed by atoms with Crippen LogP contribution < -0.4 is 0 Å². The first-order chi connectivity index (χ1) is 7.72. The summed E-state index contributed by atoms with van der Waals surface area (Å²) in [4.78, 5) is 11.6. The van der Waals surface area contributed by atoms with Crippen LogP contribution in [0.2, 0.25) is 0 Å². The van der Waals surface area contributed by atoms with Gasteiger partial charge in [-0.3, -0.25) is 0 Å². The molecule has 0 radical (unpaired) electrons. The molecule has 0 fully saturated rings. The van der Waals surface area contributed by atoms with Gasteiger partial charge in [0.15, 0.2) is 11.5 Å². The van der Waals surface area contributed by atoms with Crippen molar-refractivity contribution in [3.63, 3.8) is 0 Å². The summed E-state index contributed by atoms with van der Waals surface area (Å²) in [5.41, 5.74) is 2.34. The summed E-state index contributed by atoms with van der Waals surface area (Å²) in [5, 5.41) is 3.82. The van der Waals surface area contributed by atoms with E-state index >= 15 is 0 Å². The number of pyridine rings is 1. The Labute approximate surface area is 99.0 Å². The van der Waals surface area contributed by atoms with Gasteiger partial charge in [0.25, 0.3) is 0 Å². The highest BCUT2D eigenvalue weighted by molar-refractivity contribution is 9.10. The number of H-pyrrole nitrogens is 1. The standard InChI is InChI=1S/C10H7BrN4O/c1-5-2-8(16-15-5)10-13-7-3-6(11)4-12-9(7)14-10/h2-4H,1H3,(H,12,13,14). The molecule has 0 aliphatic rings. The Hall–Kier alpha value is -1.69. The van der Waals surface area contributed by atoms with Gasteiger partial charge in [-0.15, -0.1) is 0 Å². The van der Waals surface area contributed by atoms with Gasteiger partial charge in [-0.05, 0) is 28.9 Å². The molecule has 3 aromatic heterocycles. The smallest absolute Gasteiger partial charge is 0.202 e. The van der Waals surface area contributed by atoms with Crippen LogP contribution in [0.4, 0.5) is 0 Å². The number of rotatable bonds is 1. The molecule has 5 nitrogen and oxygen atoms in total. The van der Waals surface area contributed by atoms with E-state index in [2.05, 4.69) is 36.0 Å². The highest BCUT2D eigenvalue weighted by Crippen LogP contribution is 2.21. The Balaban J connectivity index is 2.18. The topological polar surface area (TPSA) is 67.6 Å². The van der Waals surface area contributed by atoms with Crippen molar-refractivity contribution in [2.24, 2.45) is 0 Å². The van der Waals surface area contributed by atoms with E-state index in [1.165, 1.54) is 0 Å². The molecule has 1 N–H and O–H groups in total. The van der Waals surface area contributed by atoms with Gasteiger partial charge in [-0.2, -0.15) is 0 Å². The summed E-state index contributed by atoms with van der Waals surface area (Å²) in [6, 6.07) is 3.74. The summed E-state index contributed by atoms with van der Waals surface area (Å²) in [5.74, 6) is 1.26. The van der Waals surface area contributed by atoms with Gasteiger partial charge in [0, 0.05) is 16.7 Å². The molecule has 0 saturated heterocycles. The van der Waals surface area contributed by atoms with Crippen molar-refractivity contribution in [3.05, 3.63) is 28.5 Å². The van der Waals surface area contributed by atoms with Crippen LogP contribution in [-0.2, 0) is 0 Å². The molecule has 0 amide bonds. The maximum Gasteiger partial charge on any atom is 0.202 e. The second-order valence-corrected chi connectivity index (χ2v) is 4.36. The maximum atomic E-state index is 5.13. The molecule has 0 saturated carbocycles. The van der Waals surface area contributed by atoms with Crippen molar-refractivity contribution in [1.29, 1.82) is 0 Å². The zero-order valence-corrected chi connectivity index (χ0v) is 9.95. The summed E-state index contributed by atoms with van der Waals surface area (Å²) in [6.45, 7) is 1.87. The fourth-order valence-electron chi connectivity index (χ4n) is 1.47. The lowest BCUT2D eigenvalue weighted by Gasteiger charge is -1.87. The van der Waals surface area contributed by atoms with Crippen LogP contribution in [0.3, 0.4) is 0 Å². The fraction of sp³-hybridized carbons (Fsp3) is 0.100. The predicted molar refractivity (Wildman–Crippen MR) is 61.8 cm³/mol. The fourth-order valence-corrected chi connectivity index (χ4v) is 1.80. The number of hydrogen-bond donors (Lipinski definition) is 1. The number of nitrogens with zero attached hydrogens (tertiary/aromatic N) is 3. The quantitative estimate of drug-likeness (QED) is 0.743. The molecule has 3 heterocycles. The zero-order chi connectivity index (χ0) is 11.1. The first kappa shape index (κ1) is 9.53. The minimum Gasteiger partial charge on any atom is -0.353 e. The molecule has 0 aliphatic heterocycles. The SMILES string of the molecule is Cc1cc(-c2nc3ncc(Br)cc3[nH]2)on1. The van der Waals surface area contributed by atoms with Crippen LogP contribution in [0, 0.1) is 6.92 Å². The summed E-state index contributed by atoms with van der Waals surface area (Å²) >= 11 is 3.36. The first-order valence-electron chi connectivity index (χ1n) is 4.67. The minimum atomic E-state index is 0.617. The third-order valence-electron chi connectivity index (χ3n) is 2.17. The molecule has 0 aliphatic carbocycles. The molecule has 0 atom stereocenters. The van der Waals surface area contributed by atoms with Gasteiger partial charge in [-0.25, -0.2) is 9.97 Å². The van der Waals surface area contributed by atoms with Crippen molar-refractivity contribution < 1.29 is 4.52 Å². The Kier molecular flexibility index (Phi) is 2.03. The normalized spacial score (nSPS) is 11.1. The molecule has 0 spiro atoms. The van der Waals surface area contributed by atoms with E-state index in [9.17, 15) is 0 Å². The van der Waals surface area contributed by atoms with Crippen molar-refractivity contribution >= 4 is 27.1 Å². The molecular weight excluding hydrogens is 272 g/mol.